The topological polar surface area (TPSA) is 0 Å². The first-order chi connectivity index (χ1) is 7.31. The standard InChI is InChI=1S/C14H18ClF/c1-13(2,3)11-8-14(16,9-11)10-5-4-6-12(15)7-10/h4-7,11H,8-9H2,1-3H3. The van der Waals surface area contributed by atoms with Crippen LogP contribution in [0, 0.1) is 11.3 Å². The van der Waals surface area contributed by atoms with Gasteiger partial charge in [-0.15, -0.1) is 0 Å². The van der Waals surface area contributed by atoms with Crippen molar-refractivity contribution in [3.8, 4) is 0 Å². The number of alkyl halides is 1. The SMILES string of the molecule is CC(C)(C)C1CC(F)(c2cccc(Cl)c2)C1. The van der Waals surface area contributed by atoms with Crippen molar-refractivity contribution in [2.24, 2.45) is 11.3 Å². The molecule has 0 aromatic heterocycles. The highest BCUT2D eigenvalue weighted by molar-refractivity contribution is 6.30. The lowest BCUT2D eigenvalue weighted by molar-refractivity contribution is -0.0476. The van der Waals surface area contributed by atoms with Crippen LogP contribution < -0.4 is 0 Å². The van der Waals surface area contributed by atoms with Crippen LogP contribution in [0.15, 0.2) is 24.3 Å². The van der Waals surface area contributed by atoms with Gasteiger partial charge >= 0.3 is 0 Å². The molecule has 0 saturated heterocycles. The lowest BCUT2D eigenvalue weighted by atomic mass is 9.59. The van der Waals surface area contributed by atoms with Crippen LogP contribution in [0.5, 0.6) is 0 Å². The monoisotopic (exact) mass is 240 g/mol. The average molecular weight is 241 g/mol. The fourth-order valence-electron chi connectivity index (χ4n) is 2.34. The van der Waals surface area contributed by atoms with Crippen LogP contribution >= 0.6 is 11.6 Å². The molecule has 1 aliphatic carbocycles. The van der Waals surface area contributed by atoms with Crippen molar-refractivity contribution in [2.45, 2.75) is 39.3 Å². The summed E-state index contributed by atoms with van der Waals surface area (Å²) in [5, 5.41) is 0.619. The molecule has 0 N–H and O–H groups in total. The lowest BCUT2D eigenvalue weighted by Gasteiger charge is -2.48. The largest absolute Gasteiger partial charge is 0.239 e. The van der Waals surface area contributed by atoms with Crippen LogP contribution in [-0.2, 0) is 5.67 Å². The summed E-state index contributed by atoms with van der Waals surface area (Å²) in [5.74, 6) is 0.469. The van der Waals surface area contributed by atoms with Gasteiger partial charge < -0.3 is 0 Å². The molecule has 1 aromatic rings. The molecule has 1 fully saturated rings. The maximum absolute atomic E-state index is 14.5. The van der Waals surface area contributed by atoms with Crippen molar-refractivity contribution in [2.75, 3.05) is 0 Å². The van der Waals surface area contributed by atoms with E-state index in [1.54, 1.807) is 12.1 Å². The summed E-state index contributed by atoms with van der Waals surface area (Å²) in [7, 11) is 0. The Morgan fingerprint density at radius 1 is 1.31 bits per heavy atom. The third-order valence-corrected chi connectivity index (χ3v) is 3.94. The van der Waals surface area contributed by atoms with Gasteiger partial charge in [0.05, 0.1) is 0 Å². The number of halogens is 2. The van der Waals surface area contributed by atoms with Crippen molar-refractivity contribution in [1.82, 2.24) is 0 Å². The molecule has 0 heterocycles. The zero-order valence-electron chi connectivity index (χ0n) is 10.1. The second-order valence-electron chi connectivity index (χ2n) is 5.95. The predicted molar refractivity (Wildman–Crippen MR) is 66.4 cm³/mol. The molecule has 1 saturated carbocycles. The molecule has 1 aliphatic rings. The van der Waals surface area contributed by atoms with Gasteiger partial charge in [-0.1, -0.05) is 44.5 Å². The minimum atomic E-state index is -1.15. The average Bonchev–Trinajstić information content (AvgIpc) is 2.11. The molecular weight excluding hydrogens is 223 g/mol. The highest BCUT2D eigenvalue weighted by atomic mass is 35.5. The van der Waals surface area contributed by atoms with Crippen LogP contribution in [-0.4, -0.2) is 0 Å². The van der Waals surface area contributed by atoms with Gasteiger partial charge in [0, 0.05) is 5.02 Å². The van der Waals surface area contributed by atoms with Crippen molar-refractivity contribution in [1.29, 1.82) is 0 Å². The molecule has 0 spiro atoms. The first-order valence-electron chi connectivity index (χ1n) is 5.76. The third kappa shape index (κ3) is 2.10. The number of rotatable bonds is 1. The fourth-order valence-corrected chi connectivity index (χ4v) is 2.53. The summed E-state index contributed by atoms with van der Waals surface area (Å²) >= 11 is 5.89. The van der Waals surface area contributed by atoms with E-state index in [4.69, 9.17) is 11.6 Å². The molecule has 0 nitrogen and oxygen atoms in total. The van der Waals surface area contributed by atoms with Gasteiger partial charge in [0.25, 0.3) is 0 Å². The molecule has 16 heavy (non-hydrogen) atoms. The quantitative estimate of drug-likeness (QED) is 0.651. The Kier molecular flexibility index (Phi) is 2.78. The Balaban J connectivity index is 2.14. The maximum atomic E-state index is 14.5. The zero-order chi connectivity index (χ0) is 12.0. The van der Waals surface area contributed by atoms with Crippen molar-refractivity contribution in [3.63, 3.8) is 0 Å². The summed E-state index contributed by atoms with van der Waals surface area (Å²) in [4.78, 5) is 0. The number of hydrogen-bond acceptors (Lipinski definition) is 0. The molecule has 2 heteroatoms. The van der Waals surface area contributed by atoms with E-state index >= 15 is 0 Å². The third-order valence-electron chi connectivity index (χ3n) is 3.71. The lowest BCUT2D eigenvalue weighted by Crippen LogP contribution is -2.43. The normalized spacial score (nSPS) is 29.9. The minimum absolute atomic E-state index is 0.203. The maximum Gasteiger partial charge on any atom is 0.136 e. The van der Waals surface area contributed by atoms with E-state index < -0.39 is 5.67 Å². The van der Waals surface area contributed by atoms with Gasteiger partial charge in [-0.05, 0) is 41.9 Å². The predicted octanol–water partition coefficient (Wildman–Crippen LogP) is 4.96. The molecule has 0 bridgehead atoms. The number of benzene rings is 1. The Morgan fingerprint density at radius 2 is 1.94 bits per heavy atom. The molecule has 1 aromatic carbocycles. The molecule has 0 atom stereocenters. The summed E-state index contributed by atoms with van der Waals surface area (Å²) in [6.45, 7) is 6.53. The summed E-state index contributed by atoms with van der Waals surface area (Å²) < 4.78 is 14.5. The molecule has 88 valence electrons. The Bertz CT molecular complexity index is 386. The minimum Gasteiger partial charge on any atom is -0.239 e. The van der Waals surface area contributed by atoms with E-state index in [1.807, 2.05) is 12.1 Å². The van der Waals surface area contributed by atoms with E-state index in [1.165, 1.54) is 0 Å². The molecular formula is C14H18ClF. The van der Waals surface area contributed by atoms with E-state index in [-0.39, 0.29) is 5.41 Å². The van der Waals surface area contributed by atoms with Gasteiger partial charge in [0.2, 0.25) is 0 Å². The number of hydrogen-bond donors (Lipinski definition) is 0. The molecule has 0 amide bonds. The zero-order valence-corrected chi connectivity index (χ0v) is 10.8. The van der Waals surface area contributed by atoms with E-state index in [0.717, 1.165) is 5.56 Å². The van der Waals surface area contributed by atoms with Crippen molar-refractivity contribution in [3.05, 3.63) is 34.9 Å². The summed E-state index contributed by atoms with van der Waals surface area (Å²) in [5.41, 5.74) is -0.211. The van der Waals surface area contributed by atoms with Crippen LogP contribution in [0.4, 0.5) is 4.39 Å². The van der Waals surface area contributed by atoms with Gasteiger partial charge in [0.15, 0.2) is 0 Å². The van der Waals surface area contributed by atoms with E-state index in [0.29, 0.717) is 23.8 Å². The van der Waals surface area contributed by atoms with Crippen molar-refractivity contribution < 1.29 is 4.39 Å². The Morgan fingerprint density at radius 3 is 2.44 bits per heavy atom. The second-order valence-corrected chi connectivity index (χ2v) is 6.38. The Labute approximate surface area is 102 Å². The summed E-state index contributed by atoms with van der Waals surface area (Å²) in [6.07, 6.45) is 1.24. The highest BCUT2D eigenvalue weighted by Gasteiger charge is 2.50. The van der Waals surface area contributed by atoms with Gasteiger partial charge in [-0.2, -0.15) is 0 Å². The molecule has 0 aliphatic heterocycles. The van der Waals surface area contributed by atoms with E-state index in [2.05, 4.69) is 20.8 Å². The van der Waals surface area contributed by atoms with Crippen LogP contribution in [0.1, 0.15) is 39.2 Å². The van der Waals surface area contributed by atoms with E-state index in [9.17, 15) is 4.39 Å². The molecule has 0 unspecified atom stereocenters. The summed E-state index contributed by atoms with van der Waals surface area (Å²) in [6, 6.07) is 7.20. The fraction of sp³-hybridized carbons (Fsp3) is 0.571. The Hall–Kier alpha value is -0.560. The van der Waals surface area contributed by atoms with Gasteiger partial charge in [-0.3, -0.25) is 0 Å². The van der Waals surface area contributed by atoms with Gasteiger partial charge in [-0.25, -0.2) is 4.39 Å². The van der Waals surface area contributed by atoms with Crippen molar-refractivity contribution >= 4 is 11.6 Å². The smallest absolute Gasteiger partial charge is 0.136 e. The first kappa shape index (κ1) is 11.9. The van der Waals surface area contributed by atoms with Gasteiger partial charge in [0.1, 0.15) is 5.67 Å². The molecule has 0 radical (unpaired) electrons. The van der Waals surface area contributed by atoms with Crippen LogP contribution in [0.3, 0.4) is 0 Å². The highest BCUT2D eigenvalue weighted by Crippen LogP contribution is 2.55. The molecule has 2 rings (SSSR count). The van der Waals surface area contributed by atoms with Crippen LogP contribution in [0.25, 0.3) is 0 Å². The first-order valence-corrected chi connectivity index (χ1v) is 6.14. The second kappa shape index (κ2) is 3.73. The van der Waals surface area contributed by atoms with Crippen LogP contribution in [0.2, 0.25) is 5.02 Å².